The summed E-state index contributed by atoms with van der Waals surface area (Å²) < 4.78 is 20.8. The first kappa shape index (κ1) is 18.2. The Labute approximate surface area is 169 Å². The van der Waals surface area contributed by atoms with Crippen molar-refractivity contribution in [1.29, 1.82) is 0 Å². The number of nitrogens with zero attached hydrogens (tertiary/aromatic N) is 5. The SMILES string of the molecule is C[C@]1(CN2CCc3nc(-c4ccc(F)cc4)sc3C2)Cn2cc([N+](=O)[O-])nc2O1. The number of aromatic nitrogens is 3. The number of nitro groups is 1. The molecule has 0 unspecified atom stereocenters. The van der Waals surface area contributed by atoms with E-state index in [1.54, 1.807) is 28.0 Å². The first-order chi connectivity index (χ1) is 13.9. The van der Waals surface area contributed by atoms with Gasteiger partial charge in [-0.1, -0.05) is 0 Å². The van der Waals surface area contributed by atoms with E-state index in [2.05, 4.69) is 9.88 Å². The molecule has 0 amide bonds. The molecule has 0 saturated heterocycles. The molecule has 2 aliphatic heterocycles. The molecule has 5 rings (SSSR count). The van der Waals surface area contributed by atoms with Gasteiger partial charge >= 0.3 is 11.8 Å². The standard InChI is InChI=1S/C19H18FN5O3S/c1-19(11-24-9-16(25(26)27)22-18(24)28-19)10-23-7-6-14-15(8-23)29-17(21-14)12-2-4-13(20)5-3-12/h2-5,9H,6-8,10-11H2,1H3/t19-/m0/s1. The van der Waals surface area contributed by atoms with Crippen LogP contribution in [0, 0.1) is 15.9 Å². The largest absolute Gasteiger partial charge is 0.436 e. The fourth-order valence-corrected chi connectivity index (χ4v) is 5.09. The molecule has 0 fully saturated rings. The number of hydrogen-bond acceptors (Lipinski definition) is 7. The molecule has 10 heteroatoms. The van der Waals surface area contributed by atoms with Gasteiger partial charge in [-0.05, 0) is 36.1 Å². The van der Waals surface area contributed by atoms with Gasteiger partial charge in [0.15, 0.2) is 0 Å². The second-order valence-corrected chi connectivity index (χ2v) is 8.76. The molecule has 0 spiro atoms. The van der Waals surface area contributed by atoms with E-state index in [-0.39, 0.29) is 11.6 Å². The maximum Gasteiger partial charge on any atom is 0.415 e. The van der Waals surface area contributed by atoms with Crippen LogP contribution in [0.4, 0.5) is 10.2 Å². The highest BCUT2D eigenvalue weighted by Crippen LogP contribution is 2.35. The van der Waals surface area contributed by atoms with E-state index in [1.807, 2.05) is 6.92 Å². The molecule has 3 aromatic rings. The molecular weight excluding hydrogens is 397 g/mol. The molecule has 0 aliphatic carbocycles. The number of halogens is 1. The van der Waals surface area contributed by atoms with E-state index in [1.165, 1.54) is 23.2 Å². The van der Waals surface area contributed by atoms with Crippen molar-refractivity contribution in [1.82, 2.24) is 19.4 Å². The average molecular weight is 415 g/mol. The molecule has 1 atom stereocenters. The van der Waals surface area contributed by atoms with Crippen molar-refractivity contribution in [2.24, 2.45) is 0 Å². The summed E-state index contributed by atoms with van der Waals surface area (Å²) in [6, 6.07) is 6.71. The van der Waals surface area contributed by atoms with Gasteiger partial charge in [0.2, 0.25) is 0 Å². The Kier molecular flexibility index (Phi) is 4.14. The van der Waals surface area contributed by atoms with Crippen molar-refractivity contribution >= 4 is 17.2 Å². The fourth-order valence-electron chi connectivity index (χ4n) is 3.94. The van der Waals surface area contributed by atoms with Crippen molar-refractivity contribution in [2.75, 3.05) is 13.1 Å². The van der Waals surface area contributed by atoms with Crippen molar-refractivity contribution in [3.8, 4) is 16.6 Å². The van der Waals surface area contributed by atoms with E-state index < -0.39 is 10.5 Å². The molecule has 29 heavy (non-hydrogen) atoms. The summed E-state index contributed by atoms with van der Waals surface area (Å²) in [5.74, 6) is -0.445. The maximum atomic E-state index is 13.2. The second-order valence-electron chi connectivity index (χ2n) is 7.68. The van der Waals surface area contributed by atoms with Crippen molar-refractivity contribution in [3.63, 3.8) is 0 Å². The van der Waals surface area contributed by atoms with Crippen LogP contribution in [-0.4, -0.2) is 43.0 Å². The van der Waals surface area contributed by atoms with E-state index in [4.69, 9.17) is 9.72 Å². The molecule has 150 valence electrons. The number of benzene rings is 1. The normalized spacial score (nSPS) is 20.9. The van der Waals surface area contributed by atoms with Gasteiger partial charge < -0.3 is 14.9 Å². The molecule has 4 heterocycles. The Morgan fingerprint density at radius 1 is 1.34 bits per heavy atom. The fraction of sp³-hybridized carbons (Fsp3) is 0.368. The number of imidazole rings is 1. The van der Waals surface area contributed by atoms with Crippen molar-refractivity contribution in [2.45, 2.75) is 32.0 Å². The zero-order valence-corrected chi connectivity index (χ0v) is 16.5. The second kappa shape index (κ2) is 6.60. The lowest BCUT2D eigenvalue weighted by molar-refractivity contribution is -0.389. The van der Waals surface area contributed by atoms with E-state index in [0.717, 1.165) is 35.8 Å². The quantitative estimate of drug-likeness (QED) is 0.480. The van der Waals surface area contributed by atoms with Gasteiger partial charge in [0, 0.05) is 41.5 Å². The molecule has 2 aliphatic rings. The third kappa shape index (κ3) is 3.38. The number of fused-ring (bicyclic) bond motifs is 2. The van der Waals surface area contributed by atoms with Gasteiger partial charge in [-0.3, -0.25) is 9.47 Å². The van der Waals surface area contributed by atoms with Gasteiger partial charge in [0.25, 0.3) is 0 Å². The molecule has 0 saturated carbocycles. The molecule has 1 aromatic carbocycles. The molecule has 8 nitrogen and oxygen atoms in total. The van der Waals surface area contributed by atoms with Gasteiger partial charge in [-0.2, -0.15) is 0 Å². The van der Waals surface area contributed by atoms with Gasteiger partial charge in [0.05, 0.1) is 12.2 Å². The topological polar surface area (TPSA) is 86.3 Å². The van der Waals surface area contributed by atoms with Crippen LogP contribution >= 0.6 is 11.3 Å². The van der Waals surface area contributed by atoms with Gasteiger partial charge in [-0.25, -0.2) is 9.37 Å². The van der Waals surface area contributed by atoms with Crippen LogP contribution in [0.1, 0.15) is 17.5 Å². The zero-order valence-electron chi connectivity index (χ0n) is 15.7. The summed E-state index contributed by atoms with van der Waals surface area (Å²) in [6.07, 6.45) is 2.27. The predicted molar refractivity (Wildman–Crippen MR) is 104 cm³/mol. The summed E-state index contributed by atoms with van der Waals surface area (Å²) in [6.45, 7) is 4.85. The highest BCUT2D eigenvalue weighted by Gasteiger charge is 2.42. The van der Waals surface area contributed by atoms with Crippen molar-refractivity contribution < 1.29 is 14.1 Å². The van der Waals surface area contributed by atoms with Crippen LogP contribution in [0.5, 0.6) is 6.01 Å². The van der Waals surface area contributed by atoms with Crippen LogP contribution in [-0.2, 0) is 19.5 Å². The lowest BCUT2D eigenvalue weighted by Crippen LogP contribution is -2.46. The van der Waals surface area contributed by atoms with Crippen LogP contribution in [0.2, 0.25) is 0 Å². The number of ether oxygens (including phenoxy) is 1. The average Bonchev–Trinajstić information content (AvgIpc) is 3.33. The summed E-state index contributed by atoms with van der Waals surface area (Å²) >= 11 is 1.64. The highest BCUT2D eigenvalue weighted by atomic mass is 32.1. The number of rotatable bonds is 4. The van der Waals surface area contributed by atoms with Crippen LogP contribution in [0.25, 0.3) is 10.6 Å². The van der Waals surface area contributed by atoms with Crippen LogP contribution in [0.15, 0.2) is 30.5 Å². The smallest absolute Gasteiger partial charge is 0.415 e. The number of hydrogen-bond donors (Lipinski definition) is 0. The van der Waals surface area contributed by atoms with Crippen LogP contribution in [0.3, 0.4) is 0 Å². The minimum absolute atomic E-state index is 0.192. The summed E-state index contributed by atoms with van der Waals surface area (Å²) in [5.41, 5.74) is 1.54. The van der Waals surface area contributed by atoms with E-state index in [0.29, 0.717) is 19.1 Å². The third-order valence-corrected chi connectivity index (χ3v) is 6.35. The highest BCUT2D eigenvalue weighted by molar-refractivity contribution is 7.15. The summed E-state index contributed by atoms with van der Waals surface area (Å²) in [5, 5.41) is 11.8. The minimum atomic E-state index is -0.513. The lowest BCUT2D eigenvalue weighted by Gasteiger charge is -2.32. The zero-order chi connectivity index (χ0) is 20.2. The summed E-state index contributed by atoms with van der Waals surface area (Å²) in [4.78, 5) is 22.6. The lowest BCUT2D eigenvalue weighted by atomic mass is 10.0. The molecule has 0 bridgehead atoms. The molecular formula is C19H18FN5O3S. The summed E-state index contributed by atoms with van der Waals surface area (Å²) in [7, 11) is 0. The van der Waals surface area contributed by atoms with E-state index in [9.17, 15) is 14.5 Å². The third-order valence-electron chi connectivity index (χ3n) is 5.22. The Morgan fingerprint density at radius 3 is 2.86 bits per heavy atom. The number of thiazole rings is 1. The molecule has 0 N–H and O–H groups in total. The van der Waals surface area contributed by atoms with E-state index >= 15 is 0 Å². The molecule has 2 aromatic heterocycles. The first-order valence-corrected chi connectivity index (χ1v) is 10.1. The molecule has 0 radical (unpaired) electrons. The Morgan fingerprint density at radius 2 is 2.14 bits per heavy atom. The Hall–Kier alpha value is -2.85. The monoisotopic (exact) mass is 415 g/mol. The van der Waals surface area contributed by atoms with Crippen LogP contribution < -0.4 is 4.74 Å². The maximum absolute atomic E-state index is 13.2. The Balaban J connectivity index is 1.28. The van der Waals surface area contributed by atoms with Gasteiger partial charge in [-0.15, -0.1) is 11.3 Å². The minimum Gasteiger partial charge on any atom is -0.436 e. The predicted octanol–water partition coefficient (Wildman–Crippen LogP) is 3.26. The van der Waals surface area contributed by atoms with Gasteiger partial charge in [0.1, 0.15) is 22.6 Å². The first-order valence-electron chi connectivity index (χ1n) is 9.26. The van der Waals surface area contributed by atoms with Crippen molar-refractivity contribution in [3.05, 3.63) is 57.0 Å². The Bertz CT molecular complexity index is 1070.